The van der Waals surface area contributed by atoms with Crippen LogP contribution in [-0.2, 0) is 11.2 Å². The fourth-order valence-electron chi connectivity index (χ4n) is 3.89. The Labute approximate surface area is 176 Å². The minimum Gasteiger partial charge on any atom is -0.450 e. The van der Waals surface area contributed by atoms with Crippen LogP contribution in [0.4, 0.5) is 10.5 Å². The second kappa shape index (κ2) is 8.82. The van der Waals surface area contributed by atoms with Gasteiger partial charge < -0.3 is 15.4 Å². The summed E-state index contributed by atoms with van der Waals surface area (Å²) >= 11 is 0. The van der Waals surface area contributed by atoms with Crippen LogP contribution in [0.1, 0.15) is 40.0 Å². The normalized spacial score (nSPS) is 17.1. The zero-order chi connectivity index (χ0) is 20.9. The van der Waals surface area contributed by atoms with E-state index in [4.69, 9.17) is 4.74 Å². The van der Waals surface area contributed by atoms with Gasteiger partial charge >= 0.3 is 6.09 Å². The first-order valence-corrected chi connectivity index (χ1v) is 10.1. The lowest BCUT2D eigenvalue weighted by Crippen LogP contribution is -2.40. The number of ketones is 1. The minimum atomic E-state index is -0.411. The van der Waals surface area contributed by atoms with E-state index in [9.17, 15) is 9.59 Å². The standard InChI is InChI=1S/C25H24N2O3/c1-2-30-25(29)27-22-16-19-10-6-7-11-21(19)23(22)26-20-14-12-18(13-15-20)24(28)17-8-4-3-5-9-17/h3-15,22-23,26H,2,16H2,1H3,(H,27,29). The molecule has 3 aromatic rings. The molecule has 2 unspecified atom stereocenters. The predicted octanol–water partition coefficient (Wildman–Crippen LogP) is 4.74. The van der Waals surface area contributed by atoms with Gasteiger partial charge in [-0.15, -0.1) is 0 Å². The average Bonchev–Trinajstić information content (AvgIpc) is 3.11. The van der Waals surface area contributed by atoms with Crippen LogP contribution in [0.3, 0.4) is 0 Å². The molecule has 0 bridgehead atoms. The number of amides is 1. The minimum absolute atomic E-state index is 0.00443. The maximum absolute atomic E-state index is 12.6. The SMILES string of the molecule is CCOC(=O)NC1Cc2ccccc2C1Nc1ccc(C(=O)c2ccccc2)cc1. The summed E-state index contributed by atoms with van der Waals surface area (Å²) in [6, 6.07) is 24.7. The van der Waals surface area contributed by atoms with Crippen molar-refractivity contribution in [2.45, 2.75) is 25.4 Å². The number of hydrogen-bond acceptors (Lipinski definition) is 4. The first kappa shape index (κ1) is 19.7. The molecule has 2 atom stereocenters. The van der Waals surface area contributed by atoms with Crippen molar-refractivity contribution in [3.05, 3.63) is 101 Å². The average molecular weight is 400 g/mol. The molecule has 3 aromatic carbocycles. The van der Waals surface area contributed by atoms with Crippen LogP contribution < -0.4 is 10.6 Å². The Kier molecular flexibility index (Phi) is 5.80. The van der Waals surface area contributed by atoms with Crippen LogP contribution in [-0.4, -0.2) is 24.5 Å². The Balaban J connectivity index is 1.52. The van der Waals surface area contributed by atoms with E-state index in [0.717, 1.165) is 17.7 Å². The molecule has 0 fully saturated rings. The van der Waals surface area contributed by atoms with E-state index in [0.29, 0.717) is 17.7 Å². The summed E-state index contributed by atoms with van der Waals surface area (Å²) in [4.78, 5) is 24.6. The first-order valence-electron chi connectivity index (χ1n) is 10.1. The van der Waals surface area contributed by atoms with Gasteiger partial charge in [-0.1, -0.05) is 54.6 Å². The van der Waals surface area contributed by atoms with Gasteiger partial charge in [-0.05, 0) is 48.7 Å². The van der Waals surface area contributed by atoms with Gasteiger partial charge in [-0.2, -0.15) is 0 Å². The molecule has 30 heavy (non-hydrogen) atoms. The smallest absolute Gasteiger partial charge is 0.407 e. The lowest BCUT2D eigenvalue weighted by Gasteiger charge is -2.24. The van der Waals surface area contributed by atoms with Crippen molar-refractivity contribution in [1.82, 2.24) is 5.32 Å². The fourth-order valence-corrected chi connectivity index (χ4v) is 3.89. The summed E-state index contributed by atoms with van der Waals surface area (Å²) in [7, 11) is 0. The number of ether oxygens (including phenoxy) is 1. The van der Waals surface area contributed by atoms with E-state index < -0.39 is 6.09 Å². The highest BCUT2D eigenvalue weighted by molar-refractivity contribution is 6.09. The molecule has 0 aromatic heterocycles. The Hall–Kier alpha value is -3.60. The van der Waals surface area contributed by atoms with Crippen LogP contribution in [0.5, 0.6) is 0 Å². The molecule has 5 nitrogen and oxygen atoms in total. The molecule has 0 aliphatic heterocycles. The van der Waals surface area contributed by atoms with Crippen LogP contribution in [0.15, 0.2) is 78.9 Å². The van der Waals surface area contributed by atoms with Crippen LogP contribution in [0, 0.1) is 0 Å². The van der Waals surface area contributed by atoms with E-state index in [1.54, 1.807) is 6.92 Å². The van der Waals surface area contributed by atoms with Crippen molar-refractivity contribution in [1.29, 1.82) is 0 Å². The Morgan fingerprint density at radius 1 is 0.900 bits per heavy atom. The van der Waals surface area contributed by atoms with Gasteiger partial charge in [-0.3, -0.25) is 4.79 Å². The van der Waals surface area contributed by atoms with Crippen LogP contribution >= 0.6 is 0 Å². The highest BCUT2D eigenvalue weighted by atomic mass is 16.5. The van der Waals surface area contributed by atoms with Crippen molar-refractivity contribution < 1.29 is 14.3 Å². The largest absolute Gasteiger partial charge is 0.450 e. The number of alkyl carbamates (subject to hydrolysis) is 1. The number of nitrogens with one attached hydrogen (secondary N) is 2. The monoisotopic (exact) mass is 400 g/mol. The number of carbonyl (C=O) groups excluding carboxylic acids is 2. The molecule has 5 heteroatoms. The zero-order valence-corrected chi connectivity index (χ0v) is 16.8. The molecule has 2 N–H and O–H groups in total. The lowest BCUT2D eigenvalue weighted by molar-refractivity contribution is 0.103. The Morgan fingerprint density at radius 2 is 1.57 bits per heavy atom. The van der Waals surface area contributed by atoms with E-state index in [1.165, 1.54) is 5.56 Å². The lowest BCUT2D eigenvalue weighted by atomic mass is 10.0. The summed E-state index contributed by atoms with van der Waals surface area (Å²) in [6.07, 6.45) is 0.322. The third kappa shape index (κ3) is 4.20. The topological polar surface area (TPSA) is 67.4 Å². The maximum atomic E-state index is 12.6. The molecule has 1 aliphatic carbocycles. The molecule has 4 rings (SSSR count). The number of rotatable bonds is 6. The molecule has 0 heterocycles. The van der Waals surface area contributed by atoms with Crippen molar-refractivity contribution >= 4 is 17.6 Å². The third-order valence-corrected chi connectivity index (χ3v) is 5.32. The van der Waals surface area contributed by atoms with Crippen LogP contribution in [0.25, 0.3) is 0 Å². The summed E-state index contributed by atoms with van der Waals surface area (Å²) in [5.41, 5.74) is 4.55. The number of benzene rings is 3. The van der Waals surface area contributed by atoms with Gasteiger partial charge in [0.1, 0.15) is 0 Å². The number of fused-ring (bicyclic) bond motifs is 1. The molecule has 1 aliphatic rings. The molecular formula is C25H24N2O3. The van der Waals surface area contributed by atoms with E-state index in [-0.39, 0.29) is 17.9 Å². The van der Waals surface area contributed by atoms with Gasteiger partial charge in [0.25, 0.3) is 0 Å². The zero-order valence-electron chi connectivity index (χ0n) is 16.8. The number of hydrogen-bond donors (Lipinski definition) is 2. The first-order chi connectivity index (χ1) is 14.7. The van der Waals surface area contributed by atoms with Crippen molar-refractivity contribution in [2.24, 2.45) is 0 Å². The summed E-state index contributed by atoms with van der Waals surface area (Å²) in [5, 5.41) is 6.49. The van der Waals surface area contributed by atoms with Crippen LogP contribution in [0.2, 0.25) is 0 Å². The quantitative estimate of drug-likeness (QED) is 0.587. The van der Waals surface area contributed by atoms with Gasteiger partial charge in [0.2, 0.25) is 0 Å². The van der Waals surface area contributed by atoms with Crippen molar-refractivity contribution in [3.8, 4) is 0 Å². The Morgan fingerprint density at radius 3 is 2.30 bits per heavy atom. The molecular weight excluding hydrogens is 376 g/mol. The molecule has 1 amide bonds. The van der Waals surface area contributed by atoms with Gasteiger partial charge in [0, 0.05) is 16.8 Å². The van der Waals surface area contributed by atoms with E-state index in [2.05, 4.69) is 22.8 Å². The number of anilines is 1. The van der Waals surface area contributed by atoms with E-state index >= 15 is 0 Å². The summed E-state index contributed by atoms with van der Waals surface area (Å²) in [6.45, 7) is 2.12. The molecule has 0 spiro atoms. The van der Waals surface area contributed by atoms with E-state index in [1.807, 2.05) is 66.7 Å². The van der Waals surface area contributed by atoms with Gasteiger partial charge in [0.15, 0.2) is 5.78 Å². The fraction of sp³-hybridized carbons (Fsp3) is 0.200. The predicted molar refractivity (Wildman–Crippen MR) is 117 cm³/mol. The van der Waals surface area contributed by atoms with Crippen molar-refractivity contribution in [2.75, 3.05) is 11.9 Å². The number of carbonyl (C=O) groups is 2. The highest BCUT2D eigenvalue weighted by Gasteiger charge is 2.33. The Bertz CT molecular complexity index is 1030. The van der Waals surface area contributed by atoms with Gasteiger partial charge in [-0.25, -0.2) is 4.79 Å². The molecule has 0 saturated heterocycles. The third-order valence-electron chi connectivity index (χ3n) is 5.32. The second-order valence-corrected chi connectivity index (χ2v) is 7.27. The maximum Gasteiger partial charge on any atom is 0.407 e. The molecule has 0 radical (unpaired) electrons. The van der Waals surface area contributed by atoms with Crippen molar-refractivity contribution in [3.63, 3.8) is 0 Å². The molecule has 152 valence electrons. The molecule has 0 saturated carbocycles. The highest BCUT2D eigenvalue weighted by Crippen LogP contribution is 2.34. The van der Waals surface area contributed by atoms with Gasteiger partial charge in [0.05, 0.1) is 18.7 Å². The second-order valence-electron chi connectivity index (χ2n) is 7.27. The summed E-state index contributed by atoms with van der Waals surface area (Å²) in [5.74, 6) is -0.00443. The summed E-state index contributed by atoms with van der Waals surface area (Å²) < 4.78 is 5.07.